The predicted octanol–water partition coefficient (Wildman–Crippen LogP) is 6.69. The molecule has 0 N–H and O–H groups in total. The van der Waals surface area contributed by atoms with Crippen molar-refractivity contribution in [1.82, 2.24) is 0 Å². The van der Waals surface area contributed by atoms with Crippen LogP contribution in [-0.2, 0) is 15.6 Å². The highest BCUT2D eigenvalue weighted by Gasteiger charge is 2.36. The van der Waals surface area contributed by atoms with Crippen molar-refractivity contribution < 1.29 is 9.53 Å². The van der Waals surface area contributed by atoms with E-state index in [2.05, 4.69) is 66.6 Å². The zero-order chi connectivity index (χ0) is 22.4. The van der Waals surface area contributed by atoms with Gasteiger partial charge in [-0.3, -0.25) is 0 Å². The zero-order valence-corrected chi connectivity index (χ0v) is 19.1. The summed E-state index contributed by atoms with van der Waals surface area (Å²) in [5, 5.41) is 0. The SMILES string of the molecule is C#CC(C)(OC(=O)c1ccc([S+](c2ccccc2)c2ccccc2)cc1)C1C=CCCC1. The molecule has 0 fully saturated rings. The van der Waals surface area contributed by atoms with Gasteiger partial charge in [-0.1, -0.05) is 54.5 Å². The minimum Gasteiger partial charge on any atom is -0.442 e. The van der Waals surface area contributed by atoms with E-state index in [4.69, 9.17) is 11.2 Å². The monoisotopic (exact) mass is 439 g/mol. The first-order chi connectivity index (χ1) is 15.6. The highest BCUT2D eigenvalue weighted by molar-refractivity contribution is 7.97. The van der Waals surface area contributed by atoms with Crippen molar-refractivity contribution in [3.8, 4) is 12.3 Å². The summed E-state index contributed by atoms with van der Waals surface area (Å²) in [5.41, 5.74) is -0.426. The van der Waals surface area contributed by atoms with E-state index >= 15 is 0 Å². The van der Waals surface area contributed by atoms with Crippen LogP contribution in [0.1, 0.15) is 36.5 Å². The van der Waals surface area contributed by atoms with Crippen LogP contribution in [-0.4, -0.2) is 11.6 Å². The molecule has 32 heavy (non-hydrogen) atoms. The number of carbonyl (C=O) groups is 1. The summed E-state index contributed by atoms with van der Waals surface area (Å²) >= 11 is 0. The maximum atomic E-state index is 12.9. The Morgan fingerprint density at radius 3 is 2.00 bits per heavy atom. The smallest absolute Gasteiger partial charge is 0.339 e. The lowest BCUT2D eigenvalue weighted by Gasteiger charge is -2.32. The molecule has 3 aromatic carbocycles. The van der Waals surface area contributed by atoms with Gasteiger partial charge in [-0.25, -0.2) is 4.79 Å². The molecule has 0 amide bonds. The van der Waals surface area contributed by atoms with Crippen LogP contribution in [0, 0.1) is 18.3 Å². The van der Waals surface area contributed by atoms with Gasteiger partial charge in [0.25, 0.3) is 0 Å². The van der Waals surface area contributed by atoms with Crippen molar-refractivity contribution >= 4 is 16.9 Å². The predicted molar refractivity (Wildman–Crippen MR) is 131 cm³/mol. The van der Waals surface area contributed by atoms with E-state index in [1.54, 1.807) is 0 Å². The number of esters is 1. The van der Waals surface area contributed by atoms with Crippen LogP contribution in [0.5, 0.6) is 0 Å². The molecule has 0 radical (unpaired) electrons. The third kappa shape index (κ3) is 4.82. The van der Waals surface area contributed by atoms with E-state index in [-0.39, 0.29) is 22.8 Å². The van der Waals surface area contributed by atoms with Gasteiger partial charge in [0, 0.05) is 5.92 Å². The van der Waals surface area contributed by atoms with E-state index in [9.17, 15) is 4.79 Å². The Labute approximate surface area is 193 Å². The largest absolute Gasteiger partial charge is 0.442 e. The molecule has 4 rings (SSSR count). The first-order valence-electron chi connectivity index (χ1n) is 10.9. The fourth-order valence-electron chi connectivity index (χ4n) is 3.98. The van der Waals surface area contributed by atoms with Gasteiger partial charge in [0.05, 0.1) is 16.5 Å². The number of carbonyl (C=O) groups excluding carboxylic acids is 1. The number of ether oxygens (including phenoxy) is 1. The fraction of sp³-hybridized carbons (Fsp3) is 0.207. The molecule has 1 aliphatic rings. The zero-order valence-electron chi connectivity index (χ0n) is 18.2. The molecule has 2 unspecified atom stereocenters. The lowest BCUT2D eigenvalue weighted by molar-refractivity contribution is -0.00292. The Bertz CT molecular complexity index is 1070. The van der Waals surface area contributed by atoms with Crippen LogP contribution in [0.15, 0.2) is 112 Å². The Morgan fingerprint density at radius 1 is 0.938 bits per heavy atom. The number of benzene rings is 3. The minimum atomic E-state index is -0.939. The standard InChI is InChI=1S/C29H27O2S/c1-3-29(2,24-13-7-4-8-14-24)31-28(30)23-19-21-27(22-20-23)32(25-15-9-5-10-16-25)26-17-11-6-12-18-26/h1,5-7,9-13,15-22,24H,4,8,14H2,2H3/q+1. The van der Waals surface area contributed by atoms with Crippen molar-refractivity contribution in [3.05, 3.63) is 103 Å². The molecule has 3 aromatic rings. The van der Waals surface area contributed by atoms with Crippen LogP contribution in [0.4, 0.5) is 0 Å². The highest BCUT2D eigenvalue weighted by atomic mass is 32.2. The maximum Gasteiger partial charge on any atom is 0.339 e. The van der Waals surface area contributed by atoms with Crippen LogP contribution in [0.2, 0.25) is 0 Å². The van der Waals surface area contributed by atoms with Gasteiger partial charge in [-0.05, 0) is 74.7 Å². The maximum absolute atomic E-state index is 12.9. The van der Waals surface area contributed by atoms with E-state index in [0.717, 1.165) is 24.2 Å². The second-order valence-corrected chi connectivity index (χ2v) is 10.1. The molecular formula is C29H27O2S+. The summed E-state index contributed by atoms with van der Waals surface area (Å²) in [6.07, 6.45) is 13.1. The highest BCUT2D eigenvalue weighted by Crippen LogP contribution is 2.33. The molecule has 0 aliphatic heterocycles. The Hall–Kier alpha value is -3.22. The topological polar surface area (TPSA) is 26.3 Å². The Balaban J connectivity index is 1.58. The molecule has 2 nitrogen and oxygen atoms in total. The Kier molecular flexibility index (Phi) is 6.83. The first-order valence-corrected chi connectivity index (χ1v) is 12.2. The number of hydrogen-bond acceptors (Lipinski definition) is 2. The molecule has 0 saturated carbocycles. The lowest BCUT2D eigenvalue weighted by atomic mass is 9.82. The van der Waals surface area contributed by atoms with E-state index in [1.807, 2.05) is 43.3 Å². The van der Waals surface area contributed by atoms with Gasteiger partial charge in [-0.15, -0.1) is 6.42 Å². The van der Waals surface area contributed by atoms with Crippen LogP contribution in [0.25, 0.3) is 0 Å². The van der Waals surface area contributed by atoms with Crippen molar-refractivity contribution in [2.24, 2.45) is 5.92 Å². The summed E-state index contributed by atoms with van der Waals surface area (Å²) in [7, 11) is -0.254. The minimum absolute atomic E-state index is 0.0477. The summed E-state index contributed by atoms with van der Waals surface area (Å²) < 4.78 is 5.86. The second kappa shape index (κ2) is 9.94. The molecule has 0 aromatic heterocycles. The van der Waals surface area contributed by atoms with E-state index in [0.29, 0.717) is 5.56 Å². The van der Waals surface area contributed by atoms with E-state index < -0.39 is 5.60 Å². The second-order valence-electron chi connectivity index (χ2n) is 8.06. The molecule has 0 spiro atoms. The van der Waals surface area contributed by atoms with Crippen LogP contribution < -0.4 is 0 Å². The average Bonchev–Trinajstić information content (AvgIpc) is 2.86. The molecule has 160 valence electrons. The third-order valence-electron chi connectivity index (χ3n) is 5.84. The molecule has 2 atom stereocenters. The molecule has 0 bridgehead atoms. The molecule has 0 saturated heterocycles. The van der Waals surface area contributed by atoms with Crippen molar-refractivity contribution in [2.45, 2.75) is 46.5 Å². The fourth-order valence-corrected chi connectivity index (χ4v) is 6.07. The molecule has 1 aliphatic carbocycles. The van der Waals surface area contributed by atoms with Gasteiger partial charge in [0.1, 0.15) is 0 Å². The van der Waals surface area contributed by atoms with Gasteiger partial charge < -0.3 is 4.74 Å². The van der Waals surface area contributed by atoms with E-state index in [1.165, 1.54) is 9.79 Å². The molecular weight excluding hydrogens is 412 g/mol. The van der Waals surface area contributed by atoms with Crippen molar-refractivity contribution in [1.29, 1.82) is 0 Å². The summed E-state index contributed by atoms with van der Waals surface area (Å²) in [6, 6.07) is 28.6. The van der Waals surface area contributed by atoms with Crippen LogP contribution >= 0.6 is 0 Å². The van der Waals surface area contributed by atoms with Gasteiger partial charge in [-0.2, -0.15) is 0 Å². The summed E-state index contributed by atoms with van der Waals surface area (Å²) in [6.45, 7) is 1.84. The number of terminal acetylenes is 1. The number of hydrogen-bond donors (Lipinski definition) is 0. The van der Waals surface area contributed by atoms with Gasteiger partial charge >= 0.3 is 5.97 Å². The third-order valence-corrected chi connectivity index (χ3v) is 8.07. The van der Waals surface area contributed by atoms with Gasteiger partial charge in [0.15, 0.2) is 20.3 Å². The lowest BCUT2D eigenvalue weighted by Crippen LogP contribution is -2.38. The average molecular weight is 440 g/mol. The number of allylic oxidation sites excluding steroid dienone is 1. The quantitative estimate of drug-likeness (QED) is 0.185. The van der Waals surface area contributed by atoms with Gasteiger partial charge in [0.2, 0.25) is 0 Å². The number of rotatable bonds is 6. The Morgan fingerprint density at radius 2 is 1.50 bits per heavy atom. The summed E-state index contributed by atoms with van der Waals surface area (Å²) in [4.78, 5) is 16.6. The molecule has 3 heteroatoms. The van der Waals surface area contributed by atoms with Crippen molar-refractivity contribution in [2.75, 3.05) is 0 Å². The summed E-state index contributed by atoms with van der Waals surface area (Å²) in [5.74, 6) is 2.40. The van der Waals surface area contributed by atoms with Crippen LogP contribution in [0.3, 0.4) is 0 Å². The van der Waals surface area contributed by atoms with Crippen molar-refractivity contribution in [3.63, 3.8) is 0 Å². The normalized spacial score (nSPS) is 17.3. The molecule has 0 heterocycles. The first kappa shape index (κ1) is 22.0.